The highest BCUT2D eigenvalue weighted by atomic mass is 16.5. The molecule has 11 nitrogen and oxygen atoms in total. The van der Waals surface area contributed by atoms with E-state index in [2.05, 4.69) is 35.0 Å². The Morgan fingerprint density at radius 2 is 2.05 bits per heavy atom. The van der Waals surface area contributed by atoms with E-state index in [9.17, 15) is 9.90 Å². The van der Waals surface area contributed by atoms with E-state index in [1.54, 1.807) is 30.5 Å². The Balaban J connectivity index is 0.00000181. The molecule has 2 fully saturated rings. The minimum Gasteiger partial charge on any atom is -0.384 e. The molecule has 0 radical (unpaired) electrons. The van der Waals surface area contributed by atoms with E-state index in [-0.39, 0.29) is 17.2 Å². The van der Waals surface area contributed by atoms with Gasteiger partial charge in [-0.25, -0.2) is 9.97 Å². The number of nitrogens with zero attached hydrogens (tertiary/aromatic N) is 5. The first-order valence-electron chi connectivity index (χ1n) is 13.1. The largest absolute Gasteiger partial charge is 0.384 e. The van der Waals surface area contributed by atoms with Crippen LogP contribution in [0.3, 0.4) is 0 Å². The number of rotatable bonds is 7. The summed E-state index contributed by atoms with van der Waals surface area (Å²) in [5, 5.41) is 18.1. The highest BCUT2D eigenvalue weighted by molar-refractivity contribution is 6.07. The zero-order valence-electron chi connectivity index (χ0n) is 22.7. The van der Waals surface area contributed by atoms with Crippen LogP contribution >= 0.6 is 0 Å². The lowest BCUT2D eigenvalue weighted by Crippen LogP contribution is -2.58. The predicted molar refractivity (Wildman–Crippen MR) is 156 cm³/mol. The number of aliphatic hydroxyl groups is 1. The molecule has 1 amide bonds. The normalized spacial score (nSPS) is 19.9. The van der Waals surface area contributed by atoms with Crippen molar-refractivity contribution < 1.29 is 14.6 Å². The smallest absolute Gasteiger partial charge is 0.278 e. The van der Waals surface area contributed by atoms with Gasteiger partial charge in [0.1, 0.15) is 34.9 Å². The molecule has 0 saturated carbocycles. The molecule has 4 heterocycles. The van der Waals surface area contributed by atoms with Gasteiger partial charge in [0.2, 0.25) is 0 Å². The number of benzene rings is 1. The number of nitrogens with two attached hydrogens (primary N) is 2. The number of aromatic nitrogens is 3. The Morgan fingerprint density at radius 3 is 2.70 bits per heavy atom. The highest BCUT2D eigenvalue weighted by Gasteiger charge is 2.44. The lowest BCUT2D eigenvalue weighted by molar-refractivity contribution is -0.209. The number of ether oxygens (including phenoxy) is 1. The summed E-state index contributed by atoms with van der Waals surface area (Å²) in [4.78, 5) is 27.8. The van der Waals surface area contributed by atoms with E-state index in [1.807, 2.05) is 10.6 Å². The molecule has 5 rings (SSSR count). The number of carbonyl (C=O) groups excluding carboxylic acids is 1. The molecule has 0 aliphatic carbocycles. The molecule has 2 atom stereocenters. The Labute approximate surface area is 233 Å². The van der Waals surface area contributed by atoms with Crippen LogP contribution in [0.15, 0.2) is 67.0 Å². The van der Waals surface area contributed by atoms with Crippen LogP contribution in [-0.2, 0) is 4.74 Å². The average molecular weight is 545 g/mol. The number of amidine groups is 1. The highest BCUT2D eigenvalue weighted by Crippen LogP contribution is 2.38. The van der Waals surface area contributed by atoms with Crippen LogP contribution in [0.4, 0.5) is 5.82 Å². The summed E-state index contributed by atoms with van der Waals surface area (Å²) in [7, 11) is 0. The molecule has 2 aliphatic rings. The van der Waals surface area contributed by atoms with Crippen molar-refractivity contribution in [2.24, 2.45) is 16.1 Å². The van der Waals surface area contributed by atoms with Gasteiger partial charge in [-0.3, -0.25) is 14.1 Å². The van der Waals surface area contributed by atoms with Gasteiger partial charge in [-0.1, -0.05) is 19.1 Å². The quantitative estimate of drug-likeness (QED) is 0.200. The minimum atomic E-state index is -0.571. The number of hydrogen-bond donors (Lipinski definition) is 4. The molecular weight excluding hydrogens is 508 g/mol. The first kappa shape index (κ1) is 28.8. The number of imidazole rings is 1. The lowest BCUT2D eigenvalue weighted by atomic mass is 9.84. The number of aliphatic imine (C=N–C) groups is 1. The van der Waals surface area contributed by atoms with Crippen molar-refractivity contribution in [3.63, 3.8) is 0 Å². The third kappa shape index (κ3) is 5.71. The van der Waals surface area contributed by atoms with Crippen LogP contribution in [0.2, 0.25) is 0 Å². The maximum absolute atomic E-state index is 12.5. The molecule has 2 aliphatic heterocycles. The monoisotopic (exact) mass is 544 g/mol. The number of piperidine rings is 1. The summed E-state index contributed by atoms with van der Waals surface area (Å²) in [5.41, 5.74) is 14.3. The Hall–Kier alpha value is -4.19. The number of allylic oxidation sites excluding steroid dienone is 1. The Kier molecular flexibility index (Phi) is 8.88. The molecule has 2 saturated heterocycles. The van der Waals surface area contributed by atoms with Crippen molar-refractivity contribution in [2.75, 3.05) is 32.0 Å². The maximum atomic E-state index is 12.5. The van der Waals surface area contributed by atoms with E-state index in [1.165, 1.54) is 12.2 Å². The number of anilines is 1. The number of aliphatic hydroxyl groups excluding tert-OH is 1. The van der Waals surface area contributed by atoms with Gasteiger partial charge in [-0.05, 0) is 37.1 Å². The molecule has 0 bridgehead atoms. The molecular formula is C29H36N8O3. The standard InChI is InChI=1S/C27H32N8O3.C2H4/c1-27(15-38-16-27)26(37)34-12-3-4-19(14-34)24-33-21(22-23(30)31-11-13-35(22)24)17-6-8-18(9-7-17)25(36)32-20(29)5-2-10-28;1-2/h2,5-11,13,19,26,28,37H,3-4,12,14-16H2,1H3,(H2,30,31)(H2,29,32,36);1-2H2/b5-2-,28-10?;/t19-,26?;/m1./s1. The van der Waals surface area contributed by atoms with Gasteiger partial charge in [0.05, 0.1) is 18.6 Å². The van der Waals surface area contributed by atoms with Crippen molar-refractivity contribution in [1.29, 1.82) is 5.41 Å². The van der Waals surface area contributed by atoms with Crippen molar-refractivity contribution in [1.82, 2.24) is 19.3 Å². The van der Waals surface area contributed by atoms with Gasteiger partial charge < -0.3 is 26.7 Å². The second kappa shape index (κ2) is 12.3. The van der Waals surface area contributed by atoms with Gasteiger partial charge in [0.25, 0.3) is 5.91 Å². The van der Waals surface area contributed by atoms with E-state index < -0.39 is 12.1 Å². The number of amides is 1. The summed E-state index contributed by atoms with van der Waals surface area (Å²) in [5.74, 6) is 0.872. The van der Waals surface area contributed by atoms with Crippen molar-refractivity contribution in [3.8, 4) is 11.3 Å². The maximum Gasteiger partial charge on any atom is 0.278 e. The first-order valence-corrected chi connectivity index (χ1v) is 13.1. The summed E-state index contributed by atoms with van der Waals surface area (Å²) in [6.07, 6.45) is 8.68. The van der Waals surface area contributed by atoms with Crippen LogP contribution < -0.4 is 11.5 Å². The lowest BCUT2D eigenvalue weighted by Gasteiger charge is -2.48. The van der Waals surface area contributed by atoms with Gasteiger partial charge in [-0.2, -0.15) is 4.99 Å². The summed E-state index contributed by atoms with van der Waals surface area (Å²) < 4.78 is 7.36. The number of carbonyl (C=O) groups is 1. The van der Waals surface area contributed by atoms with Crippen LogP contribution in [0.25, 0.3) is 16.8 Å². The summed E-state index contributed by atoms with van der Waals surface area (Å²) >= 11 is 0. The average Bonchev–Trinajstić information content (AvgIpc) is 3.36. The molecule has 11 heteroatoms. The third-order valence-corrected chi connectivity index (χ3v) is 7.26. The first-order chi connectivity index (χ1) is 19.3. The van der Waals surface area contributed by atoms with E-state index in [0.717, 1.165) is 37.0 Å². The van der Waals surface area contributed by atoms with E-state index >= 15 is 0 Å². The second-order valence-corrected chi connectivity index (χ2v) is 10.1. The zero-order valence-corrected chi connectivity index (χ0v) is 22.7. The fraction of sp³-hybridized carbons (Fsp3) is 0.345. The van der Waals surface area contributed by atoms with E-state index in [4.69, 9.17) is 26.6 Å². The van der Waals surface area contributed by atoms with Crippen LogP contribution in [0.5, 0.6) is 0 Å². The number of nitrogens with one attached hydrogen (secondary N) is 1. The SMILES string of the molecule is C=C.CC1(C(O)N2CCC[C@@H](c3nc(-c4ccc(C(=O)N=C(N)/C=C\C=N)cc4)c4c(N)nccn34)C2)COC1. The molecule has 40 heavy (non-hydrogen) atoms. The van der Waals surface area contributed by atoms with Crippen LogP contribution in [-0.4, -0.2) is 74.9 Å². The zero-order chi connectivity index (χ0) is 28.9. The fourth-order valence-corrected chi connectivity index (χ4v) is 5.17. The molecule has 3 aromatic rings. The summed E-state index contributed by atoms with van der Waals surface area (Å²) in [6, 6.07) is 6.96. The predicted octanol–water partition coefficient (Wildman–Crippen LogP) is 3.02. The van der Waals surface area contributed by atoms with Gasteiger partial charge in [0, 0.05) is 48.7 Å². The van der Waals surface area contributed by atoms with Crippen molar-refractivity contribution in [3.05, 3.63) is 73.4 Å². The topological polar surface area (TPSA) is 168 Å². The molecule has 2 aromatic heterocycles. The van der Waals surface area contributed by atoms with Crippen LogP contribution in [0, 0.1) is 10.8 Å². The van der Waals surface area contributed by atoms with Crippen molar-refractivity contribution >= 4 is 29.3 Å². The second-order valence-electron chi connectivity index (χ2n) is 10.1. The number of nitrogen functional groups attached to an aromatic ring is 1. The molecule has 210 valence electrons. The van der Waals surface area contributed by atoms with E-state index in [0.29, 0.717) is 42.4 Å². The summed E-state index contributed by atoms with van der Waals surface area (Å²) in [6.45, 7) is 10.7. The van der Waals surface area contributed by atoms with Gasteiger partial charge in [-0.15, -0.1) is 13.2 Å². The third-order valence-electron chi connectivity index (χ3n) is 7.26. The minimum absolute atomic E-state index is 0.0247. The fourth-order valence-electron chi connectivity index (χ4n) is 5.17. The number of likely N-dealkylation sites (tertiary alicyclic amines) is 1. The number of fused-ring (bicyclic) bond motifs is 1. The number of hydrogen-bond acceptors (Lipinski definition) is 8. The van der Waals surface area contributed by atoms with Crippen molar-refractivity contribution in [2.45, 2.75) is 31.9 Å². The molecule has 0 spiro atoms. The van der Waals surface area contributed by atoms with Gasteiger partial charge in [0.15, 0.2) is 0 Å². The Bertz CT molecular complexity index is 1430. The Morgan fingerprint density at radius 1 is 1.32 bits per heavy atom. The molecule has 6 N–H and O–H groups in total. The van der Waals surface area contributed by atoms with Crippen LogP contribution in [0.1, 0.15) is 41.9 Å². The van der Waals surface area contributed by atoms with Gasteiger partial charge >= 0.3 is 0 Å². The molecule has 1 unspecified atom stereocenters. The molecule has 1 aromatic carbocycles.